The lowest BCUT2D eigenvalue weighted by Gasteiger charge is -2.21. The first kappa shape index (κ1) is 94.1. The second kappa shape index (κ2) is 70.1. The van der Waals surface area contributed by atoms with E-state index in [1.807, 2.05) is 0 Å². The van der Waals surface area contributed by atoms with Crippen molar-refractivity contribution >= 4 is 39.5 Å². The van der Waals surface area contributed by atoms with Crippen molar-refractivity contribution in [2.24, 2.45) is 5.92 Å². The molecule has 0 aliphatic heterocycles. The summed E-state index contributed by atoms with van der Waals surface area (Å²) in [5, 5.41) is 10.6. The number of carbonyl (C=O) groups is 4. The highest BCUT2D eigenvalue weighted by Gasteiger charge is 2.30. The first-order chi connectivity index (χ1) is 46.5. The lowest BCUT2D eigenvalue weighted by molar-refractivity contribution is -0.161. The number of hydrogen-bond acceptors (Lipinski definition) is 15. The van der Waals surface area contributed by atoms with Crippen LogP contribution in [-0.2, 0) is 65.4 Å². The van der Waals surface area contributed by atoms with Crippen molar-refractivity contribution in [3.63, 3.8) is 0 Å². The molecule has 0 aliphatic rings. The third kappa shape index (κ3) is 70.5. The summed E-state index contributed by atoms with van der Waals surface area (Å²) in [6, 6.07) is 0. The topological polar surface area (TPSA) is 237 Å². The van der Waals surface area contributed by atoms with Gasteiger partial charge in [-0.15, -0.1) is 0 Å². The molecular weight excluding hydrogens is 1260 g/mol. The van der Waals surface area contributed by atoms with Crippen molar-refractivity contribution in [2.45, 2.75) is 425 Å². The highest BCUT2D eigenvalue weighted by atomic mass is 31.2. The maximum atomic E-state index is 13.1. The number of unbranched alkanes of at least 4 members (excludes halogenated alkanes) is 49. The van der Waals surface area contributed by atoms with E-state index < -0.39 is 97.5 Å². The number of aliphatic hydroxyl groups is 1. The van der Waals surface area contributed by atoms with E-state index in [2.05, 4.69) is 34.6 Å². The molecule has 0 fully saturated rings. The molecule has 0 spiro atoms. The molecule has 0 aliphatic carbocycles. The Morgan fingerprint density at radius 2 is 0.479 bits per heavy atom. The minimum Gasteiger partial charge on any atom is -0.462 e. The van der Waals surface area contributed by atoms with E-state index in [4.69, 9.17) is 37.0 Å². The van der Waals surface area contributed by atoms with Gasteiger partial charge in [-0.25, -0.2) is 9.13 Å². The Labute approximate surface area is 588 Å². The van der Waals surface area contributed by atoms with Gasteiger partial charge < -0.3 is 33.8 Å². The van der Waals surface area contributed by atoms with Crippen LogP contribution in [-0.4, -0.2) is 96.7 Å². The van der Waals surface area contributed by atoms with E-state index in [9.17, 15) is 43.2 Å². The lowest BCUT2D eigenvalue weighted by Crippen LogP contribution is -2.30. The van der Waals surface area contributed by atoms with Crippen molar-refractivity contribution in [3.05, 3.63) is 0 Å². The normalized spacial score (nSPS) is 13.9. The van der Waals surface area contributed by atoms with Gasteiger partial charge >= 0.3 is 39.5 Å². The highest BCUT2D eigenvalue weighted by Crippen LogP contribution is 2.45. The van der Waals surface area contributed by atoms with Gasteiger partial charge in [-0.1, -0.05) is 356 Å². The van der Waals surface area contributed by atoms with Crippen molar-refractivity contribution in [1.29, 1.82) is 0 Å². The Hall–Kier alpha value is -1.94. The smallest absolute Gasteiger partial charge is 0.462 e. The maximum Gasteiger partial charge on any atom is 0.472 e. The van der Waals surface area contributed by atoms with Crippen LogP contribution in [0.5, 0.6) is 0 Å². The summed E-state index contributed by atoms with van der Waals surface area (Å²) in [5.41, 5.74) is 0. The Kier molecular flexibility index (Phi) is 68.7. The summed E-state index contributed by atoms with van der Waals surface area (Å²) < 4.78 is 68.5. The average Bonchev–Trinajstić information content (AvgIpc) is 1.23. The standard InChI is InChI=1S/C77H150O17P2/c1-6-9-12-15-18-21-23-25-27-29-31-33-35-37-42-47-52-57-62-76(81)93-73(67-88-75(80)61-56-51-46-41-36-34-32-30-28-26-24-22-19-16-13-10-7-2)69-92-96(85,86)90-65-71(78)64-89-95(83,84)91-68-72(66-87-74(79)60-55-50-45-39-20-17-14-11-8-3)94-77(82)63-58-53-48-43-38-40-44-49-54-59-70(4)5/h70-73,78H,6-69H2,1-5H3,(H,83,84)(H,85,86)/t71-,72+,73+/m0/s1. The van der Waals surface area contributed by atoms with Gasteiger partial charge in [-0.3, -0.25) is 37.3 Å². The molecule has 0 aromatic heterocycles. The molecule has 0 bridgehead atoms. The molecule has 0 rings (SSSR count). The zero-order chi connectivity index (χ0) is 70.5. The van der Waals surface area contributed by atoms with E-state index in [0.29, 0.717) is 25.7 Å². The summed E-state index contributed by atoms with van der Waals surface area (Å²) in [7, 11) is -9.91. The first-order valence-corrected chi connectivity index (χ1v) is 43.1. The van der Waals surface area contributed by atoms with Crippen LogP contribution in [0.15, 0.2) is 0 Å². The molecule has 0 saturated heterocycles. The number of rotatable bonds is 77. The summed E-state index contributed by atoms with van der Waals surface area (Å²) in [4.78, 5) is 72.8. The van der Waals surface area contributed by atoms with Crippen LogP contribution in [0.25, 0.3) is 0 Å². The van der Waals surface area contributed by atoms with Crippen molar-refractivity contribution < 1.29 is 80.2 Å². The molecule has 3 N–H and O–H groups in total. The van der Waals surface area contributed by atoms with Gasteiger partial charge in [-0.2, -0.15) is 0 Å². The van der Waals surface area contributed by atoms with Crippen LogP contribution >= 0.6 is 15.6 Å². The van der Waals surface area contributed by atoms with Crippen molar-refractivity contribution in [3.8, 4) is 0 Å². The van der Waals surface area contributed by atoms with Crippen LogP contribution < -0.4 is 0 Å². The lowest BCUT2D eigenvalue weighted by atomic mass is 10.0. The first-order valence-electron chi connectivity index (χ1n) is 40.1. The molecule has 0 aromatic rings. The molecule has 570 valence electrons. The summed E-state index contributed by atoms with van der Waals surface area (Å²) in [6.45, 7) is 7.26. The average molecular weight is 1410 g/mol. The van der Waals surface area contributed by atoms with E-state index in [0.717, 1.165) is 95.8 Å². The van der Waals surface area contributed by atoms with Crippen LogP contribution in [0.4, 0.5) is 0 Å². The minimum atomic E-state index is -4.96. The summed E-state index contributed by atoms with van der Waals surface area (Å²) in [6.07, 6.45) is 59.7. The highest BCUT2D eigenvalue weighted by molar-refractivity contribution is 7.47. The zero-order valence-electron chi connectivity index (χ0n) is 62.5. The van der Waals surface area contributed by atoms with Gasteiger partial charge in [-0.05, 0) is 31.6 Å². The fraction of sp³-hybridized carbons (Fsp3) is 0.948. The Balaban J connectivity index is 5.22. The number of aliphatic hydroxyl groups excluding tert-OH is 1. The number of hydrogen-bond donors (Lipinski definition) is 3. The van der Waals surface area contributed by atoms with Crippen LogP contribution in [0.3, 0.4) is 0 Å². The molecule has 0 heterocycles. The molecule has 0 radical (unpaired) electrons. The minimum absolute atomic E-state index is 0.106. The fourth-order valence-electron chi connectivity index (χ4n) is 11.9. The van der Waals surface area contributed by atoms with Crippen LogP contribution in [0.2, 0.25) is 0 Å². The Morgan fingerprint density at radius 3 is 0.708 bits per heavy atom. The molecule has 19 heteroatoms. The third-order valence-electron chi connectivity index (χ3n) is 18.0. The van der Waals surface area contributed by atoms with Gasteiger partial charge in [0.2, 0.25) is 0 Å². The largest absolute Gasteiger partial charge is 0.472 e. The SMILES string of the molecule is CCCCCCCCCCCCCCCCCCCCC(=O)O[C@H](COC(=O)CCCCCCCCCCCCCCCCCCC)COP(=O)(O)OC[C@@H](O)COP(=O)(O)OC[C@@H](COC(=O)CCCCCCCCCCC)OC(=O)CCCCCCCCCCCC(C)C. The van der Waals surface area contributed by atoms with Gasteiger partial charge in [0.05, 0.1) is 26.4 Å². The third-order valence-corrected chi connectivity index (χ3v) is 19.9. The summed E-state index contributed by atoms with van der Waals surface area (Å²) >= 11 is 0. The molecule has 2 unspecified atom stereocenters. The molecule has 0 amide bonds. The fourth-order valence-corrected chi connectivity index (χ4v) is 13.5. The number of phosphoric acid groups is 2. The number of ether oxygens (including phenoxy) is 4. The molecule has 5 atom stereocenters. The van der Waals surface area contributed by atoms with E-state index in [1.165, 1.54) is 231 Å². The van der Waals surface area contributed by atoms with Crippen molar-refractivity contribution in [2.75, 3.05) is 39.6 Å². The van der Waals surface area contributed by atoms with Gasteiger partial charge in [0.1, 0.15) is 19.3 Å². The predicted molar refractivity (Wildman–Crippen MR) is 391 cm³/mol. The molecular formula is C77H150O17P2. The second-order valence-electron chi connectivity index (χ2n) is 28.2. The van der Waals surface area contributed by atoms with Gasteiger partial charge in [0.15, 0.2) is 12.2 Å². The summed E-state index contributed by atoms with van der Waals surface area (Å²) in [5.74, 6) is -1.38. The maximum absolute atomic E-state index is 13.1. The van der Waals surface area contributed by atoms with Gasteiger partial charge in [0.25, 0.3) is 0 Å². The van der Waals surface area contributed by atoms with Gasteiger partial charge in [0, 0.05) is 25.7 Å². The molecule has 0 aromatic carbocycles. The monoisotopic (exact) mass is 1410 g/mol. The quantitative estimate of drug-likeness (QED) is 0.0222. The second-order valence-corrected chi connectivity index (χ2v) is 31.1. The van der Waals surface area contributed by atoms with E-state index in [1.54, 1.807) is 0 Å². The molecule has 17 nitrogen and oxygen atoms in total. The Bertz CT molecular complexity index is 1840. The Morgan fingerprint density at radius 1 is 0.281 bits per heavy atom. The number of esters is 4. The molecule has 0 saturated carbocycles. The number of phosphoric ester groups is 2. The number of carbonyl (C=O) groups excluding carboxylic acids is 4. The van der Waals surface area contributed by atoms with E-state index in [-0.39, 0.29) is 25.7 Å². The zero-order valence-corrected chi connectivity index (χ0v) is 64.3. The van der Waals surface area contributed by atoms with Crippen molar-refractivity contribution in [1.82, 2.24) is 0 Å². The van der Waals surface area contributed by atoms with Crippen LogP contribution in [0.1, 0.15) is 407 Å². The van der Waals surface area contributed by atoms with Crippen LogP contribution in [0, 0.1) is 5.92 Å². The molecule has 96 heavy (non-hydrogen) atoms. The predicted octanol–water partition coefficient (Wildman–Crippen LogP) is 22.9. The van der Waals surface area contributed by atoms with E-state index >= 15 is 0 Å².